The zero-order valence-electron chi connectivity index (χ0n) is 9.11. The van der Waals surface area contributed by atoms with Gasteiger partial charge >= 0.3 is 0 Å². The number of para-hydroxylation sites is 1. The number of rotatable bonds is 4. The lowest BCUT2D eigenvalue weighted by Gasteiger charge is -2.02. The van der Waals surface area contributed by atoms with Crippen LogP contribution in [0.1, 0.15) is 5.56 Å². The van der Waals surface area contributed by atoms with Gasteiger partial charge in [0.1, 0.15) is 6.33 Å². The summed E-state index contributed by atoms with van der Waals surface area (Å²) in [5.74, 6) is 0.504. The van der Waals surface area contributed by atoms with Crippen LogP contribution in [0.25, 0.3) is 0 Å². The van der Waals surface area contributed by atoms with Crippen molar-refractivity contribution in [1.82, 2.24) is 14.8 Å². The molecule has 0 bridgehead atoms. The fourth-order valence-electron chi connectivity index (χ4n) is 1.37. The lowest BCUT2D eigenvalue weighted by atomic mass is 10.2. The lowest BCUT2D eigenvalue weighted by Crippen LogP contribution is -1.96. The van der Waals surface area contributed by atoms with Gasteiger partial charge < -0.3 is 0 Å². The van der Waals surface area contributed by atoms with Crippen molar-refractivity contribution < 1.29 is 4.92 Å². The van der Waals surface area contributed by atoms with Crippen LogP contribution in [0, 0.1) is 10.1 Å². The molecule has 0 aliphatic carbocycles. The van der Waals surface area contributed by atoms with Crippen LogP contribution in [-0.2, 0) is 12.8 Å². The maximum absolute atomic E-state index is 10.8. The third kappa shape index (κ3) is 2.62. The fourth-order valence-corrected chi connectivity index (χ4v) is 2.25. The Morgan fingerprint density at radius 2 is 2.24 bits per heavy atom. The summed E-state index contributed by atoms with van der Waals surface area (Å²) in [6, 6.07) is 6.71. The molecular formula is C10H10N4O2S. The van der Waals surface area contributed by atoms with Crippen LogP contribution in [0.15, 0.2) is 35.7 Å². The van der Waals surface area contributed by atoms with E-state index >= 15 is 0 Å². The number of hydrogen-bond acceptors (Lipinski definition) is 5. The molecule has 0 N–H and O–H groups in total. The van der Waals surface area contributed by atoms with Crippen molar-refractivity contribution in [2.45, 2.75) is 10.9 Å². The van der Waals surface area contributed by atoms with Crippen molar-refractivity contribution in [2.75, 3.05) is 0 Å². The van der Waals surface area contributed by atoms with Gasteiger partial charge in [-0.3, -0.25) is 10.1 Å². The Bertz CT molecular complexity index is 541. The molecule has 0 aliphatic rings. The summed E-state index contributed by atoms with van der Waals surface area (Å²) in [7, 11) is 1.79. The Morgan fingerprint density at radius 1 is 1.47 bits per heavy atom. The lowest BCUT2D eigenvalue weighted by molar-refractivity contribution is -0.385. The second-order valence-electron chi connectivity index (χ2n) is 3.34. The number of aromatic nitrogens is 3. The maximum Gasteiger partial charge on any atom is 0.273 e. The summed E-state index contributed by atoms with van der Waals surface area (Å²) in [4.78, 5) is 14.5. The van der Waals surface area contributed by atoms with Crippen molar-refractivity contribution in [3.63, 3.8) is 0 Å². The first-order valence-corrected chi connectivity index (χ1v) is 5.86. The van der Waals surface area contributed by atoms with Crippen LogP contribution in [0.5, 0.6) is 0 Å². The van der Waals surface area contributed by atoms with Gasteiger partial charge in [0.25, 0.3) is 5.69 Å². The summed E-state index contributed by atoms with van der Waals surface area (Å²) in [5, 5.41) is 15.5. The molecule has 1 heterocycles. The smallest absolute Gasteiger partial charge is 0.258 e. The molecule has 6 nitrogen and oxygen atoms in total. The van der Waals surface area contributed by atoms with Crippen molar-refractivity contribution >= 4 is 17.4 Å². The highest BCUT2D eigenvalue weighted by molar-refractivity contribution is 7.98. The van der Waals surface area contributed by atoms with Crippen molar-refractivity contribution in [3.8, 4) is 0 Å². The molecule has 0 saturated heterocycles. The number of benzene rings is 1. The second kappa shape index (κ2) is 4.96. The molecule has 2 aromatic rings. The number of nitro benzene ring substituents is 1. The third-order valence-electron chi connectivity index (χ3n) is 2.21. The minimum Gasteiger partial charge on any atom is -0.258 e. The van der Waals surface area contributed by atoms with E-state index in [9.17, 15) is 10.1 Å². The highest BCUT2D eigenvalue weighted by Crippen LogP contribution is 2.25. The van der Waals surface area contributed by atoms with Gasteiger partial charge in [-0.15, -0.1) is 0 Å². The molecule has 0 atom stereocenters. The molecule has 7 heteroatoms. The Hall–Kier alpha value is -1.89. The molecule has 0 fully saturated rings. The van der Waals surface area contributed by atoms with E-state index in [0.717, 1.165) is 5.16 Å². The molecule has 2 rings (SSSR count). The van der Waals surface area contributed by atoms with E-state index in [2.05, 4.69) is 10.1 Å². The standard InChI is InChI=1S/C10H10N4O2S/c1-13-10(11-7-12-13)17-6-8-4-2-3-5-9(8)14(15)16/h2-5,7H,6H2,1H3. The predicted molar refractivity (Wildman–Crippen MR) is 63.7 cm³/mol. The zero-order chi connectivity index (χ0) is 12.3. The van der Waals surface area contributed by atoms with Crippen LogP contribution in [0.4, 0.5) is 5.69 Å². The number of nitrogens with zero attached hydrogens (tertiary/aromatic N) is 4. The van der Waals surface area contributed by atoms with E-state index in [1.54, 1.807) is 29.9 Å². The third-order valence-corrected chi connectivity index (χ3v) is 3.30. The Kier molecular flexibility index (Phi) is 3.38. The molecule has 0 unspecified atom stereocenters. The first-order valence-electron chi connectivity index (χ1n) is 4.87. The Balaban J connectivity index is 2.14. The Labute approximate surface area is 102 Å². The van der Waals surface area contributed by atoms with Crippen LogP contribution < -0.4 is 0 Å². The quantitative estimate of drug-likeness (QED) is 0.471. The largest absolute Gasteiger partial charge is 0.273 e. The number of aryl methyl sites for hydroxylation is 1. The normalized spacial score (nSPS) is 10.4. The molecular weight excluding hydrogens is 240 g/mol. The molecule has 17 heavy (non-hydrogen) atoms. The highest BCUT2D eigenvalue weighted by Gasteiger charge is 2.13. The van der Waals surface area contributed by atoms with Gasteiger partial charge in [-0.05, 0) is 0 Å². The highest BCUT2D eigenvalue weighted by atomic mass is 32.2. The first kappa shape index (κ1) is 11.6. The second-order valence-corrected chi connectivity index (χ2v) is 4.28. The van der Waals surface area contributed by atoms with E-state index in [1.807, 2.05) is 0 Å². The van der Waals surface area contributed by atoms with Crippen LogP contribution >= 0.6 is 11.8 Å². The molecule has 88 valence electrons. The van der Waals surface area contributed by atoms with E-state index in [4.69, 9.17) is 0 Å². The average Bonchev–Trinajstić information content (AvgIpc) is 2.72. The minimum absolute atomic E-state index is 0.141. The van der Waals surface area contributed by atoms with Crippen LogP contribution in [-0.4, -0.2) is 19.7 Å². The van der Waals surface area contributed by atoms with Gasteiger partial charge in [0.2, 0.25) is 0 Å². The first-order chi connectivity index (χ1) is 8.18. The van der Waals surface area contributed by atoms with Gasteiger partial charge in [0, 0.05) is 24.4 Å². The molecule has 0 radical (unpaired) electrons. The van der Waals surface area contributed by atoms with Crippen LogP contribution in [0.2, 0.25) is 0 Å². The summed E-state index contributed by atoms with van der Waals surface area (Å²) >= 11 is 1.42. The zero-order valence-corrected chi connectivity index (χ0v) is 9.92. The number of thioether (sulfide) groups is 1. The maximum atomic E-state index is 10.8. The van der Waals surface area contributed by atoms with Crippen molar-refractivity contribution in [3.05, 3.63) is 46.3 Å². The SMILES string of the molecule is Cn1ncnc1SCc1ccccc1[N+](=O)[O-]. The predicted octanol–water partition coefficient (Wildman–Crippen LogP) is 2.02. The van der Waals surface area contributed by atoms with E-state index in [0.29, 0.717) is 11.3 Å². The van der Waals surface area contributed by atoms with E-state index in [-0.39, 0.29) is 10.6 Å². The molecule has 0 spiro atoms. The van der Waals surface area contributed by atoms with Gasteiger partial charge in [-0.25, -0.2) is 9.67 Å². The van der Waals surface area contributed by atoms with E-state index in [1.165, 1.54) is 24.2 Å². The summed E-state index contributed by atoms with van der Waals surface area (Å²) in [6.07, 6.45) is 1.46. The summed E-state index contributed by atoms with van der Waals surface area (Å²) < 4.78 is 1.64. The molecule has 0 amide bonds. The van der Waals surface area contributed by atoms with Gasteiger partial charge in [0.15, 0.2) is 5.16 Å². The monoisotopic (exact) mass is 250 g/mol. The number of hydrogen-bond donors (Lipinski definition) is 0. The van der Waals surface area contributed by atoms with Gasteiger partial charge in [0.05, 0.1) is 4.92 Å². The minimum atomic E-state index is -0.368. The van der Waals surface area contributed by atoms with E-state index < -0.39 is 0 Å². The summed E-state index contributed by atoms with van der Waals surface area (Å²) in [6.45, 7) is 0. The fraction of sp³-hybridized carbons (Fsp3) is 0.200. The van der Waals surface area contributed by atoms with Gasteiger partial charge in [-0.1, -0.05) is 30.0 Å². The van der Waals surface area contributed by atoms with Crippen LogP contribution in [0.3, 0.4) is 0 Å². The average molecular weight is 250 g/mol. The van der Waals surface area contributed by atoms with Gasteiger partial charge in [-0.2, -0.15) is 5.10 Å². The molecule has 0 saturated carbocycles. The summed E-state index contributed by atoms with van der Waals surface area (Å²) in [5.41, 5.74) is 0.827. The molecule has 1 aromatic heterocycles. The number of nitro groups is 1. The molecule has 1 aromatic carbocycles. The molecule has 0 aliphatic heterocycles. The topological polar surface area (TPSA) is 73.8 Å². The van der Waals surface area contributed by atoms with Crippen molar-refractivity contribution in [1.29, 1.82) is 0 Å². The Morgan fingerprint density at radius 3 is 2.88 bits per heavy atom. The van der Waals surface area contributed by atoms with Crippen molar-refractivity contribution in [2.24, 2.45) is 7.05 Å².